The highest BCUT2D eigenvalue weighted by Gasteiger charge is 2.38. The Morgan fingerprint density at radius 1 is 0.933 bits per heavy atom. The first kappa shape index (κ1) is 13.5. The second kappa shape index (κ2) is 6.04. The molecule has 2 heteroatoms. The van der Waals surface area contributed by atoms with Crippen LogP contribution in [0.4, 0.5) is 0 Å². The van der Waals surface area contributed by atoms with E-state index < -0.39 is 5.41 Å². The minimum atomic E-state index is -1.02. The number of hydrogen-bond acceptors (Lipinski definition) is 2. The Bertz CT molecular complexity index is 331. The zero-order valence-electron chi connectivity index (χ0n) is 9.73. The molecule has 0 aliphatic rings. The van der Waals surface area contributed by atoms with Crippen LogP contribution in [0.15, 0.2) is 0 Å². The Balaban J connectivity index is 5.19. The van der Waals surface area contributed by atoms with Gasteiger partial charge in [-0.05, 0) is 27.7 Å². The van der Waals surface area contributed by atoms with Gasteiger partial charge in [0.2, 0.25) is 0 Å². The van der Waals surface area contributed by atoms with Gasteiger partial charge in [-0.1, -0.05) is 0 Å². The molecule has 0 saturated carbocycles. The SMILES string of the molecule is CC#CCC(CC#CC)(C(C)=O)C(C)=O. The van der Waals surface area contributed by atoms with E-state index >= 15 is 0 Å². The van der Waals surface area contributed by atoms with Crippen LogP contribution in [-0.4, -0.2) is 11.6 Å². The van der Waals surface area contributed by atoms with Crippen LogP contribution in [0.5, 0.6) is 0 Å². The molecule has 2 nitrogen and oxygen atoms in total. The molecule has 0 saturated heterocycles. The predicted molar refractivity (Wildman–Crippen MR) is 59.9 cm³/mol. The standard InChI is InChI=1S/C13H16O2/c1-5-7-9-13(11(3)14,12(4)15)10-8-6-2/h9-10H2,1-4H3. The molecule has 0 rings (SSSR count). The van der Waals surface area contributed by atoms with Crippen LogP contribution in [0.1, 0.15) is 40.5 Å². The van der Waals surface area contributed by atoms with E-state index in [9.17, 15) is 9.59 Å². The summed E-state index contributed by atoms with van der Waals surface area (Å²) in [6.07, 6.45) is 0.533. The highest BCUT2D eigenvalue weighted by molar-refractivity contribution is 6.05. The van der Waals surface area contributed by atoms with Crippen molar-refractivity contribution in [2.24, 2.45) is 5.41 Å². The smallest absolute Gasteiger partial charge is 0.145 e. The van der Waals surface area contributed by atoms with E-state index in [4.69, 9.17) is 0 Å². The first-order chi connectivity index (χ1) is 7.01. The molecule has 15 heavy (non-hydrogen) atoms. The molecular weight excluding hydrogens is 188 g/mol. The Labute approximate surface area is 91.4 Å². The topological polar surface area (TPSA) is 34.1 Å². The third kappa shape index (κ3) is 3.26. The molecule has 0 atom stereocenters. The first-order valence-electron chi connectivity index (χ1n) is 4.82. The lowest BCUT2D eigenvalue weighted by molar-refractivity contribution is -0.137. The predicted octanol–water partition coefficient (Wildman–Crippen LogP) is 1.98. The fourth-order valence-electron chi connectivity index (χ4n) is 1.29. The van der Waals surface area contributed by atoms with E-state index in [2.05, 4.69) is 23.7 Å². The number of ketones is 2. The summed E-state index contributed by atoms with van der Waals surface area (Å²) in [4.78, 5) is 23.1. The summed E-state index contributed by atoms with van der Waals surface area (Å²) < 4.78 is 0. The molecule has 0 unspecified atom stereocenters. The number of carbonyl (C=O) groups is 2. The quantitative estimate of drug-likeness (QED) is 0.518. The largest absolute Gasteiger partial charge is 0.299 e. The van der Waals surface area contributed by atoms with Gasteiger partial charge in [-0.3, -0.25) is 9.59 Å². The summed E-state index contributed by atoms with van der Waals surface area (Å²) in [6, 6.07) is 0. The number of carbonyl (C=O) groups excluding carboxylic acids is 2. The molecule has 80 valence electrons. The Morgan fingerprint density at radius 3 is 1.47 bits per heavy atom. The number of hydrogen-bond donors (Lipinski definition) is 0. The molecule has 0 radical (unpaired) electrons. The van der Waals surface area contributed by atoms with Crippen LogP contribution >= 0.6 is 0 Å². The van der Waals surface area contributed by atoms with Crippen molar-refractivity contribution in [3.05, 3.63) is 0 Å². The van der Waals surface area contributed by atoms with Gasteiger partial charge in [-0.2, -0.15) is 0 Å². The van der Waals surface area contributed by atoms with Crippen LogP contribution in [0.2, 0.25) is 0 Å². The van der Waals surface area contributed by atoms with Gasteiger partial charge in [0, 0.05) is 12.8 Å². The highest BCUT2D eigenvalue weighted by atomic mass is 16.2. The summed E-state index contributed by atoms with van der Waals surface area (Å²) in [6.45, 7) is 6.24. The van der Waals surface area contributed by atoms with Crippen molar-refractivity contribution in [1.29, 1.82) is 0 Å². The van der Waals surface area contributed by atoms with Gasteiger partial charge < -0.3 is 0 Å². The van der Waals surface area contributed by atoms with Gasteiger partial charge in [0.15, 0.2) is 0 Å². The van der Waals surface area contributed by atoms with E-state index in [0.717, 1.165) is 0 Å². The molecule has 0 amide bonds. The highest BCUT2D eigenvalue weighted by Crippen LogP contribution is 2.28. The third-order valence-electron chi connectivity index (χ3n) is 2.48. The summed E-state index contributed by atoms with van der Waals surface area (Å²) in [5.74, 6) is 10.7. The first-order valence-corrected chi connectivity index (χ1v) is 4.82. The molecule has 0 aromatic heterocycles. The Morgan fingerprint density at radius 2 is 1.27 bits per heavy atom. The maximum atomic E-state index is 11.6. The molecule has 0 aromatic carbocycles. The van der Waals surface area contributed by atoms with E-state index in [-0.39, 0.29) is 24.4 Å². The summed E-state index contributed by atoms with van der Waals surface area (Å²) in [7, 11) is 0. The van der Waals surface area contributed by atoms with Gasteiger partial charge in [0.25, 0.3) is 0 Å². The maximum absolute atomic E-state index is 11.6. The minimum Gasteiger partial charge on any atom is -0.299 e. The van der Waals surface area contributed by atoms with E-state index in [1.807, 2.05) is 0 Å². The average molecular weight is 204 g/mol. The number of rotatable bonds is 4. The van der Waals surface area contributed by atoms with Crippen LogP contribution < -0.4 is 0 Å². The fourth-order valence-corrected chi connectivity index (χ4v) is 1.29. The molecule has 0 N–H and O–H groups in total. The Kier molecular flexibility index (Phi) is 5.42. The van der Waals surface area contributed by atoms with Gasteiger partial charge in [-0.15, -0.1) is 23.7 Å². The van der Waals surface area contributed by atoms with Crippen molar-refractivity contribution < 1.29 is 9.59 Å². The zero-order chi connectivity index (χ0) is 11.9. The van der Waals surface area contributed by atoms with Crippen molar-refractivity contribution in [1.82, 2.24) is 0 Å². The maximum Gasteiger partial charge on any atom is 0.145 e. The molecule has 0 aromatic rings. The molecule has 0 aliphatic carbocycles. The lowest BCUT2D eigenvalue weighted by Gasteiger charge is -2.23. The van der Waals surface area contributed by atoms with Crippen LogP contribution in [0, 0.1) is 29.1 Å². The van der Waals surface area contributed by atoms with Crippen molar-refractivity contribution in [2.45, 2.75) is 40.5 Å². The van der Waals surface area contributed by atoms with Gasteiger partial charge in [0.05, 0.1) is 0 Å². The van der Waals surface area contributed by atoms with E-state index in [0.29, 0.717) is 0 Å². The number of Topliss-reactive ketones (excluding diaryl/α,β-unsaturated/α-hetero) is 2. The zero-order valence-corrected chi connectivity index (χ0v) is 9.73. The van der Waals surface area contributed by atoms with Crippen LogP contribution in [0.25, 0.3) is 0 Å². The van der Waals surface area contributed by atoms with Crippen molar-refractivity contribution in [2.75, 3.05) is 0 Å². The summed E-state index contributed by atoms with van der Waals surface area (Å²) in [5, 5.41) is 0. The summed E-state index contributed by atoms with van der Waals surface area (Å²) >= 11 is 0. The van der Waals surface area contributed by atoms with Gasteiger partial charge in [0.1, 0.15) is 17.0 Å². The average Bonchev–Trinajstić information content (AvgIpc) is 2.17. The molecule has 0 fully saturated rings. The molecule has 0 bridgehead atoms. The van der Waals surface area contributed by atoms with E-state index in [1.165, 1.54) is 13.8 Å². The van der Waals surface area contributed by atoms with E-state index in [1.54, 1.807) is 13.8 Å². The molecule has 0 spiro atoms. The monoisotopic (exact) mass is 204 g/mol. The van der Waals surface area contributed by atoms with Crippen molar-refractivity contribution in [3.8, 4) is 23.7 Å². The van der Waals surface area contributed by atoms with Crippen LogP contribution in [0.3, 0.4) is 0 Å². The normalized spacial score (nSPS) is 9.33. The van der Waals surface area contributed by atoms with Crippen LogP contribution in [-0.2, 0) is 9.59 Å². The lowest BCUT2D eigenvalue weighted by atomic mass is 9.75. The van der Waals surface area contributed by atoms with Gasteiger partial charge >= 0.3 is 0 Å². The van der Waals surface area contributed by atoms with Crippen molar-refractivity contribution in [3.63, 3.8) is 0 Å². The fraction of sp³-hybridized carbons (Fsp3) is 0.538. The molecular formula is C13H16O2. The van der Waals surface area contributed by atoms with Gasteiger partial charge in [-0.25, -0.2) is 0 Å². The molecule has 0 aliphatic heterocycles. The Hall–Kier alpha value is -1.54. The second-order valence-electron chi connectivity index (χ2n) is 3.40. The third-order valence-corrected chi connectivity index (χ3v) is 2.48. The minimum absolute atomic E-state index is 0.152. The van der Waals surface area contributed by atoms with Crippen molar-refractivity contribution >= 4 is 11.6 Å². The second-order valence-corrected chi connectivity index (χ2v) is 3.40. The molecule has 0 heterocycles. The lowest BCUT2D eigenvalue weighted by Crippen LogP contribution is -2.36. The summed E-state index contributed by atoms with van der Waals surface area (Å²) in [5.41, 5.74) is -1.02.